The number of hydrogen-bond acceptors (Lipinski definition) is 7. The molecular weight excluding hydrogens is 372 g/mol. The Morgan fingerprint density at radius 2 is 1.59 bits per heavy atom. The Morgan fingerprint density at radius 1 is 0.862 bits per heavy atom. The number of amides is 1. The van der Waals surface area contributed by atoms with Crippen molar-refractivity contribution in [1.29, 1.82) is 0 Å². The molecule has 0 aliphatic heterocycles. The average molecular weight is 394 g/mol. The van der Waals surface area contributed by atoms with Crippen molar-refractivity contribution in [2.24, 2.45) is 0 Å². The molecule has 0 spiro atoms. The van der Waals surface area contributed by atoms with Gasteiger partial charge in [-0.1, -0.05) is 12.1 Å². The summed E-state index contributed by atoms with van der Waals surface area (Å²) in [4.78, 5) is 12.3. The molecule has 0 saturated carbocycles. The molecule has 3 aromatic rings. The first-order chi connectivity index (χ1) is 14.1. The highest BCUT2D eigenvalue weighted by Gasteiger charge is 2.10. The second kappa shape index (κ2) is 9.41. The molecule has 29 heavy (non-hydrogen) atoms. The van der Waals surface area contributed by atoms with Crippen LogP contribution in [0.1, 0.15) is 16.1 Å². The van der Waals surface area contributed by atoms with Crippen LogP contribution >= 0.6 is 0 Å². The van der Waals surface area contributed by atoms with Gasteiger partial charge >= 0.3 is 0 Å². The maximum atomic E-state index is 12.3. The summed E-state index contributed by atoms with van der Waals surface area (Å²) < 4.78 is 15.7. The van der Waals surface area contributed by atoms with E-state index < -0.39 is 0 Å². The Morgan fingerprint density at radius 3 is 2.21 bits per heavy atom. The Labute approximate surface area is 168 Å². The molecule has 0 unspecified atom stereocenters. The molecule has 0 aliphatic carbocycles. The first-order valence-electron chi connectivity index (χ1n) is 8.87. The van der Waals surface area contributed by atoms with E-state index in [2.05, 4.69) is 20.8 Å². The second-order valence-corrected chi connectivity index (χ2v) is 6.03. The molecule has 0 fully saturated rings. The third-order valence-corrected chi connectivity index (χ3v) is 4.18. The number of nitrogens with zero attached hydrogens (tertiary/aromatic N) is 2. The number of hydrogen-bond donors (Lipinski definition) is 2. The fourth-order valence-corrected chi connectivity index (χ4v) is 2.58. The summed E-state index contributed by atoms with van der Waals surface area (Å²) in [5.41, 5.74) is 1.89. The number of carbonyl (C=O) groups excluding carboxylic acids is 1. The van der Waals surface area contributed by atoms with Gasteiger partial charge in [-0.15, -0.1) is 10.2 Å². The predicted octanol–water partition coefficient (Wildman–Crippen LogP) is 3.18. The number of rotatable bonds is 8. The number of ether oxygens (including phenoxy) is 3. The number of anilines is 2. The highest BCUT2D eigenvalue weighted by Crippen LogP contribution is 2.30. The van der Waals surface area contributed by atoms with E-state index in [4.69, 9.17) is 14.2 Å². The lowest BCUT2D eigenvalue weighted by molar-refractivity contribution is 0.0945. The molecule has 150 valence electrons. The lowest BCUT2D eigenvalue weighted by Gasteiger charge is -2.12. The summed E-state index contributed by atoms with van der Waals surface area (Å²) in [5, 5.41) is 14.0. The summed E-state index contributed by atoms with van der Waals surface area (Å²) in [6.07, 6.45) is 0. The molecule has 0 atom stereocenters. The van der Waals surface area contributed by atoms with Gasteiger partial charge in [0.15, 0.2) is 11.5 Å². The van der Waals surface area contributed by atoms with Crippen molar-refractivity contribution < 1.29 is 19.0 Å². The van der Waals surface area contributed by atoms with E-state index in [1.165, 1.54) is 0 Å². The topological polar surface area (TPSA) is 94.6 Å². The van der Waals surface area contributed by atoms with Crippen LogP contribution in [0.5, 0.6) is 17.2 Å². The fraction of sp³-hybridized carbons (Fsp3) is 0.190. The monoisotopic (exact) mass is 394 g/mol. The van der Waals surface area contributed by atoms with Crippen molar-refractivity contribution in [1.82, 2.24) is 15.5 Å². The third kappa shape index (κ3) is 5.13. The lowest BCUT2D eigenvalue weighted by Crippen LogP contribution is -2.24. The van der Waals surface area contributed by atoms with Crippen LogP contribution in [-0.4, -0.2) is 37.4 Å². The van der Waals surface area contributed by atoms with Crippen molar-refractivity contribution in [3.63, 3.8) is 0 Å². The van der Waals surface area contributed by atoms with E-state index in [9.17, 15) is 4.79 Å². The van der Waals surface area contributed by atoms with Crippen molar-refractivity contribution in [2.45, 2.75) is 6.54 Å². The van der Waals surface area contributed by atoms with Crippen LogP contribution in [0.3, 0.4) is 0 Å². The zero-order chi connectivity index (χ0) is 20.6. The highest BCUT2D eigenvalue weighted by molar-refractivity contribution is 5.92. The van der Waals surface area contributed by atoms with Gasteiger partial charge in [0.25, 0.3) is 5.91 Å². The van der Waals surface area contributed by atoms with E-state index in [-0.39, 0.29) is 11.6 Å². The van der Waals surface area contributed by atoms with E-state index in [0.29, 0.717) is 29.5 Å². The van der Waals surface area contributed by atoms with Gasteiger partial charge in [0.05, 0.1) is 27.0 Å². The van der Waals surface area contributed by atoms with Gasteiger partial charge < -0.3 is 24.8 Å². The Kier molecular flexibility index (Phi) is 6.47. The fourth-order valence-electron chi connectivity index (χ4n) is 2.58. The van der Waals surface area contributed by atoms with Crippen molar-refractivity contribution in [2.75, 3.05) is 26.6 Å². The number of aromatic nitrogens is 2. The maximum Gasteiger partial charge on any atom is 0.272 e. The van der Waals surface area contributed by atoms with Gasteiger partial charge in [-0.05, 0) is 42.0 Å². The molecule has 3 rings (SSSR count). The van der Waals surface area contributed by atoms with Crippen LogP contribution in [0, 0.1) is 0 Å². The molecule has 8 heteroatoms. The van der Waals surface area contributed by atoms with Crippen LogP contribution in [0.4, 0.5) is 11.5 Å². The minimum atomic E-state index is -0.304. The third-order valence-electron chi connectivity index (χ3n) is 4.18. The largest absolute Gasteiger partial charge is 0.497 e. The van der Waals surface area contributed by atoms with Gasteiger partial charge in [-0.2, -0.15) is 0 Å². The SMILES string of the molecule is COc1ccc(CNC(=O)c2ccc(Nc3ccc(OC)cc3OC)nn2)cc1. The Bertz CT molecular complexity index is 959. The summed E-state index contributed by atoms with van der Waals surface area (Å²) in [7, 11) is 4.77. The molecule has 0 bridgehead atoms. The maximum absolute atomic E-state index is 12.3. The van der Waals surface area contributed by atoms with Crippen LogP contribution < -0.4 is 24.8 Å². The molecule has 1 amide bonds. The molecule has 0 radical (unpaired) electrons. The van der Waals surface area contributed by atoms with Crippen molar-refractivity contribution in [3.05, 3.63) is 65.9 Å². The second-order valence-electron chi connectivity index (χ2n) is 6.03. The molecule has 2 N–H and O–H groups in total. The molecule has 8 nitrogen and oxygen atoms in total. The lowest BCUT2D eigenvalue weighted by atomic mass is 10.2. The molecule has 1 aromatic heterocycles. The molecule has 0 aliphatic rings. The van der Waals surface area contributed by atoms with Gasteiger partial charge in [-0.25, -0.2) is 0 Å². The van der Waals surface area contributed by atoms with Crippen LogP contribution in [0.15, 0.2) is 54.6 Å². The summed E-state index contributed by atoms with van der Waals surface area (Å²) >= 11 is 0. The van der Waals surface area contributed by atoms with Crippen molar-refractivity contribution in [3.8, 4) is 17.2 Å². The van der Waals surface area contributed by atoms with E-state index in [1.54, 1.807) is 45.6 Å². The van der Waals surface area contributed by atoms with Crippen LogP contribution in [-0.2, 0) is 6.54 Å². The molecule has 1 heterocycles. The minimum Gasteiger partial charge on any atom is -0.497 e. The molecule has 0 saturated heterocycles. The van der Waals surface area contributed by atoms with E-state index in [0.717, 1.165) is 11.3 Å². The minimum absolute atomic E-state index is 0.228. The number of methoxy groups -OCH3 is 3. The number of benzene rings is 2. The summed E-state index contributed by atoms with van der Waals surface area (Å²) in [5.74, 6) is 2.24. The van der Waals surface area contributed by atoms with Crippen LogP contribution in [0.25, 0.3) is 0 Å². The van der Waals surface area contributed by atoms with Gasteiger partial charge in [0.2, 0.25) is 0 Å². The zero-order valence-corrected chi connectivity index (χ0v) is 16.4. The number of nitrogens with one attached hydrogen (secondary N) is 2. The first-order valence-corrected chi connectivity index (χ1v) is 8.87. The van der Waals surface area contributed by atoms with Gasteiger partial charge in [0.1, 0.15) is 17.2 Å². The average Bonchev–Trinajstić information content (AvgIpc) is 2.78. The van der Waals surface area contributed by atoms with Gasteiger partial charge in [0, 0.05) is 12.6 Å². The Hall–Kier alpha value is -3.81. The molecular formula is C21H22N4O4. The predicted molar refractivity (Wildman–Crippen MR) is 109 cm³/mol. The quantitative estimate of drug-likeness (QED) is 0.606. The highest BCUT2D eigenvalue weighted by atomic mass is 16.5. The van der Waals surface area contributed by atoms with Gasteiger partial charge in [-0.3, -0.25) is 4.79 Å². The van der Waals surface area contributed by atoms with Crippen LogP contribution in [0.2, 0.25) is 0 Å². The number of carbonyl (C=O) groups is 1. The van der Waals surface area contributed by atoms with E-state index in [1.807, 2.05) is 30.3 Å². The standard InChI is InChI=1S/C21H22N4O4/c1-27-15-6-4-14(5-7-15)13-22-21(26)18-10-11-20(25-24-18)23-17-9-8-16(28-2)12-19(17)29-3/h4-12H,13H2,1-3H3,(H,22,26)(H,23,25). The summed E-state index contributed by atoms with van der Waals surface area (Å²) in [6, 6.07) is 16.1. The molecule has 2 aromatic carbocycles. The smallest absolute Gasteiger partial charge is 0.272 e. The normalized spacial score (nSPS) is 10.2. The zero-order valence-electron chi connectivity index (χ0n) is 16.4. The Balaban J connectivity index is 1.61. The summed E-state index contributed by atoms with van der Waals surface area (Å²) in [6.45, 7) is 0.382. The van der Waals surface area contributed by atoms with E-state index >= 15 is 0 Å². The first kappa shape index (κ1) is 19.9. The van der Waals surface area contributed by atoms with Crippen molar-refractivity contribution >= 4 is 17.4 Å².